The number of carbonyl (C=O) groups excluding carboxylic acids is 2. The molecule has 2 aromatic rings. The van der Waals surface area contributed by atoms with Crippen LogP contribution in [0.25, 0.3) is 11.0 Å². The number of nitrogens with two attached hydrogens (primary N) is 1. The SMILES string of the molecule is CCOC(=O)[C@@H]1CCN(C(=O)C2=CN(c3ncnc4[nH]ccc34)CCS2)C[C@@H]1N. The molecule has 2 aromatic heterocycles. The van der Waals surface area contributed by atoms with E-state index in [2.05, 4.69) is 15.0 Å². The number of nitrogens with one attached hydrogen (secondary N) is 1. The Morgan fingerprint density at radius 1 is 1.38 bits per heavy atom. The molecule has 3 N–H and O–H groups in total. The number of piperidine rings is 1. The summed E-state index contributed by atoms with van der Waals surface area (Å²) in [6.45, 7) is 3.70. The van der Waals surface area contributed by atoms with Crippen molar-refractivity contribution in [2.24, 2.45) is 11.7 Å². The summed E-state index contributed by atoms with van der Waals surface area (Å²) in [5, 5.41) is 0.916. The van der Waals surface area contributed by atoms with E-state index in [4.69, 9.17) is 10.5 Å². The predicted molar refractivity (Wildman–Crippen MR) is 111 cm³/mol. The fourth-order valence-electron chi connectivity index (χ4n) is 3.73. The number of hydrogen-bond donors (Lipinski definition) is 2. The van der Waals surface area contributed by atoms with Gasteiger partial charge in [0.1, 0.15) is 17.8 Å². The zero-order valence-electron chi connectivity index (χ0n) is 16.2. The first kappa shape index (κ1) is 19.7. The van der Waals surface area contributed by atoms with Gasteiger partial charge in [0.25, 0.3) is 5.91 Å². The molecule has 2 aliphatic heterocycles. The zero-order valence-corrected chi connectivity index (χ0v) is 17.0. The van der Waals surface area contributed by atoms with Gasteiger partial charge < -0.3 is 25.3 Å². The van der Waals surface area contributed by atoms with E-state index in [1.807, 2.05) is 23.4 Å². The maximum atomic E-state index is 13.1. The van der Waals surface area contributed by atoms with Crippen molar-refractivity contribution in [1.82, 2.24) is 19.9 Å². The second-order valence-electron chi connectivity index (χ2n) is 7.03. The van der Waals surface area contributed by atoms with Crippen molar-refractivity contribution < 1.29 is 14.3 Å². The molecule has 0 spiro atoms. The first-order chi connectivity index (χ1) is 14.1. The van der Waals surface area contributed by atoms with E-state index in [1.165, 1.54) is 18.1 Å². The van der Waals surface area contributed by atoms with E-state index < -0.39 is 6.04 Å². The minimum Gasteiger partial charge on any atom is -0.466 e. The van der Waals surface area contributed by atoms with Crippen molar-refractivity contribution in [2.75, 3.05) is 36.9 Å². The lowest BCUT2D eigenvalue weighted by Gasteiger charge is -2.36. The number of amides is 1. The Morgan fingerprint density at radius 3 is 3.03 bits per heavy atom. The number of anilines is 1. The van der Waals surface area contributed by atoms with Gasteiger partial charge in [-0.05, 0) is 19.4 Å². The number of hydrogen-bond acceptors (Lipinski definition) is 8. The molecule has 10 heteroatoms. The third-order valence-corrected chi connectivity index (χ3v) is 6.19. The van der Waals surface area contributed by atoms with Crippen LogP contribution in [0.1, 0.15) is 13.3 Å². The van der Waals surface area contributed by atoms with Crippen molar-refractivity contribution in [2.45, 2.75) is 19.4 Å². The van der Waals surface area contributed by atoms with Crippen LogP contribution in [0.4, 0.5) is 5.82 Å². The van der Waals surface area contributed by atoms with Crippen LogP contribution >= 0.6 is 11.8 Å². The summed E-state index contributed by atoms with van der Waals surface area (Å²) in [4.78, 5) is 41.2. The molecule has 4 heterocycles. The van der Waals surface area contributed by atoms with E-state index >= 15 is 0 Å². The summed E-state index contributed by atoms with van der Waals surface area (Å²) in [5.74, 6) is 0.866. The van der Waals surface area contributed by atoms with Crippen LogP contribution in [-0.2, 0) is 14.3 Å². The van der Waals surface area contributed by atoms with Crippen molar-refractivity contribution in [3.63, 3.8) is 0 Å². The molecule has 0 unspecified atom stereocenters. The Labute approximate surface area is 172 Å². The van der Waals surface area contributed by atoms with E-state index in [0.717, 1.165) is 29.1 Å². The summed E-state index contributed by atoms with van der Waals surface area (Å²) >= 11 is 1.53. The number of H-pyrrole nitrogens is 1. The smallest absolute Gasteiger partial charge is 0.310 e. The van der Waals surface area contributed by atoms with Crippen molar-refractivity contribution in [1.29, 1.82) is 0 Å². The van der Waals surface area contributed by atoms with Gasteiger partial charge in [-0.15, -0.1) is 11.8 Å². The van der Waals surface area contributed by atoms with Gasteiger partial charge in [0.15, 0.2) is 0 Å². The lowest BCUT2D eigenvalue weighted by molar-refractivity contribution is -0.151. The summed E-state index contributed by atoms with van der Waals surface area (Å²) in [6.07, 6.45) is 5.72. The van der Waals surface area contributed by atoms with Gasteiger partial charge in [0, 0.05) is 43.8 Å². The predicted octanol–water partition coefficient (Wildman–Crippen LogP) is 1.09. The monoisotopic (exact) mass is 416 g/mol. The molecule has 1 amide bonds. The highest BCUT2D eigenvalue weighted by Crippen LogP contribution is 2.30. The van der Waals surface area contributed by atoms with E-state index in [1.54, 1.807) is 11.8 Å². The quantitative estimate of drug-likeness (QED) is 0.712. The third-order valence-electron chi connectivity index (χ3n) is 5.21. The van der Waals surface area contributed by atoms with Crippen molar-refractivity contribution in [3.8, 4) is 0 Å². The fourth-order valence-corrected chi connectivity index (χ4v) is 4.70. The number of aromatic nitrogens is 3. The number of aromatic amines is 1. The Morgan fingerprint density at radius 2 is 2.24 bits per heavy atom. The van der Waals surface area contributed by atoms with Gasteiger partial charge in [-0.1, -0.05) is 0 Å². The molecule has 0 aliphatic carbocycles. The highest BCUT2D eigenvalue weighted by atomic mass is 32.2. The average Bonchev–Trinajstić information content (AvgIpc) is 3.22. The molecule has 29 heavy (non-hydrogen) atoms. The van der Waals surface area contributed by atoms with Gasteiger partial charge in [0.2, 0.25) is 0 Å². The largest absolute Gasteiger partial charge is 0.466 e. The second-order valence-corrected chi connectivity index (χ2v) is 8.17. The molecule has 1 fully saturated rings. The molecular weight excluding hydrogens is 392 g/mol. The first-order valence-corrected chi connectivity index (χ1v) is 10.7. The first-order valence-electron chi connectivity index (χ1n) is 9.69. The molecule has 154 valence electrons. The Kier molecular flexibility index (Phi) is 5.72. The van der Waals surface area contributed by atoms with Crippen molar-refractivity contribution >= 4 is 40.5 Å². The molecule has 0 bridgehead atoms. The fraction of sp³-hybridized carbons (Fsp3) is 0.474. The normalized spacial score (nSPS) is 22.5. The summed E-state index contributed by atoms with van der Waals surface area (Å²) in [6, 6.07) is 1.51. The summed E-state index contributed by atoms with van der Waals surface area (Å²) in [5.41, 5.74) is 6.95. The molecule has 0 aromatic carbocycles. The van der Waals surface area contributed by atoms with Crippen LogP contribution in [0.5, 0.6) is 0 Å². The zero-order chi connectivity index (χ0) is 20.4. The summed E-state index contributed by atoms with van der Waals surface area (Å²) < 4.78 is 5.10. The van der Waals surface area contributed by atoms with Gasteiger partial charge in [0.05, 0.1) is 22.8 Å². The molecule has 9 nitrogen and oxygen atoms in total. The van der Waals surface area contributed by atoms with E-state index in [9.17, 15) is 9.59 Å². The molecule has 0 saturated carbocycles. The van der Waals surface area contributed by atoms with Crippen molar-refractivity contribution in [3.05, 3.63) is 29.7 Å². The lowest BCUT2D eigenvalue weighted by Crippen LogP contribution is -2.53. The topological polar surface area (TPSA) is 117 Å². The number of ether oxygens (including phenoxy) is 1. The second kappa shape index (κ2) is 8.42. The minimum absolute atomic E-state index is 0.0585. The van der Waals surface area contributed by atoms with Gasteiger partial charge >= 0.3 is 5.97 Å². The number of nitrogens with zero attached hydrogens (tertiary/aromatic N) is 4. The minimum atomic E-state index is -0.418. The molecule has 4 rings (SSSR count). The molecular formula is C19H24N6O3S. The van der Waals surface area contributed by atoms with Gasteiger partial charge in [-0.25, -0.2) is 9.97 Å². The van der Waals surface area contributed by atoms with Gasteiger partial charge in [-0.3, -0.25) is 9.59 Å². The Balaban J connectivity index is 1.49. The maximum Gasteiger partial charge on any atom is 0.310 e. The van der Waals surface area contributed by atoms with E-state index in [-0.39, 0.29) is 17.8 Å². The van der Waals surface area contributed by atoms with Crippen LogP contribution in [0.15, 0.2) is 29.7 Å². The third kappa shape index (κ3) is 3.95. The molecule has 1 saturated heterocycles. The van der Waals surface area contributed by atoms with Crippen LogP contribution in [0.2, 0.25) is 0 Å². The van der Waals surface area contributed by atoms with Crippen LogP contribution in [-0.4, -0.2) is 69.8 Å². The maximum absolute atomic E-state index is 13.1. The van der Waals surface area contributed by atoms with Gasteiger partial charge in [-0.2, -0.15) is 0 Å². The number of esters is 1. The Bertz CT molecular complexity index is 945. The number of likely N-dealkylation sites (tertiary alicyclic amines) is 1. The number of fused-ring (bicyclic) bond motifs is 1. The standard InChI is InChI=1S/C19H24N6O3S/c1-2-28-19(27)12-4-6-25(9-14(12)20)18(26)15-10-24(7-8-29-15)17-13-3-5-21-16(13)22-11-23-17/h3,5,10-12,14H,2,4,6-9,20H2,1H3,(H,21,22,23)/t12-,14+/m1/s1. The Hall–Kier alpha value is -2.59. The summed E-state index contributed by atoms with van der Waals surface area (Å²) in [7, 11) is 0. The van der Waals surface area contributed by atoms with Crippen LogP contribution < -0.4 is 10.6 Å². The highest BCUT2D eigenvalue weighted by molar-refractivity contribution is 8.04. The average molecular weight is 417 g/mol. The number of thioether (sulfide) groups is 1. The number of rotatable bonds is 4. The molecule has 0 radical (unpaired) electrons. The van der Waals surface area contributed by atoms with Crippen LogP contribution in [0.3, 0.4) is 0 Å². The van der Waals surface area contributed by atoms with E-state index in [0.29, 0.717) is 31.0 Å². The number of carbonyl (C=O) groups is 2. The highest BCUT2D eigenvalue weighted by Gasteiger charge is 2.36. The molecule has 2 atom stereocenters. The molecule has 2 aliphatic rings. The lowest BCUT2D eigenvalue weighted by atomic mass is 9.92. The van der Waals surface area contributed by atoms with Crippen LogP contribution in [0, 0.1) is 5.92 Å².